The standard InChI is InChI=1S/C25H33NO2.C2H6/c1-3-26(22(2)12-10-11-17-23-13-6-4-7-14-23)25(20-28-21-27)19-18-24-15-8-5-9-16-24;1-2/h3,6,8,10-17,25,27H,1-2,4-5,7,9,18-21H2;1-2H3/b12-10-,17-11+;. The van der Waals surface area contributed by atoms with Crippen LogP contribution in [0.2, 0.25) is 0 Å². The molecule has 0 fully saturated rings. The zero-order valence-corrected chi connectivity index (χ0v) is 18.8. The van der Waals surface area contributed by atoms with Crippen LogP contribution in [0.1, 0.15) is 52.4 Å². The van der Waals surface area contributed by atoms with Gasteiger partial charge in [-0.25, -0.2) is 0 Å². The molecule has 2 rings (SSSR count). The number of allylic oxidation sites excluding steroid dienone is 12. The van der Waals surface area contributed by atoms with Crippen molar-refractivity contribution < 1.29 is 9.84 Å². The molecule has 0 radical (unpaired) electrons. The largest absolute Gasteiger partial charge is 0.371 e. The number of hydrogen-bond acceptors (Lipinski definition) is 3. The molecule has 0 aromatic carbocycles. The van der Waals surface area contributed by atoms with E-state index < -0.39 is 0 Å². The molecule has 0 amide bonds. The minimum atomic E-state index is -0.280. The van der Waals surface area contributed by atoms with Crippen LogP contribution in [-0.4, -0.2) is 29.4 Å². The summed E-state index contributed by atoms with van der Waals surface area (Å²) < 4.78 is 5.31. The van der Waals surface area contributed by atoms with Crippen molar-refractivity contribution >= 4 is 0 Å². The fraction of sp³-hybridized carbons (Fsp3) is 0.407. The predicted molar refractivity (Wildman–Crippen MR) is 130 cm³/mol. The minimum absolute atomic E-state index is 0.0750. The number of hydrogen-bond donors (Lipinski definition) is 1. The zero-order valence-electron chi connectivity index (χ0n) is 18.8. The average Bonchev–Trinajstić information content (AvgIpc) is 2.81. The number of nitrogens with zero attached hydrogens (tertiary/aromatic N) is 1. The molecule has 3 nitrogen and oxygen atoms in total. The summed E-state index contributed by atoms with van der Waals surface area (Å²) >= 11 is 0. The molecule has 1 unspecified atom stereocenters. The van der Waals surface area contributed by atoms with Gasteiger partial charge in [0.2, 0.25) is 0 Å². The van der Waals surface area contributed by atoms with E-state index in [0.29, 0.717) is 6.61 Å². The van der Waals surface area contributed by atoms with E-state index in [9.17, 15) is 0 Å². The Hall–Kier alpha value is -2.36. The van der Waals surface area contributed by atoms with Crippen LogP contribution in [0.5, 0.6) is 0 Å². The Kier molecular flexibility index (Phi) is 14.1. The van der Waals surface area contributed by atoms with E-state index in [0.717, 1.165) is 44.2 Å². The van der Waals surface area contributed by atoms with Gasteiger partial charge in [-0.3, -0.25) is 0 Å². The Bertz CT molecular complexity index is 692. The van der Waals surface area contributed by atoms with Gasteiger partial charge in [-0.15, -0.1) is 0 Å². The molecule has 0 saturated heterocycles. The van der Waals surface area contributed by atoms with E-state index in [1.807, 2.05) is 37.0 Å². The van der Waals surface area contributed by atoms with Crippen molar-refractivity contribution in [1.82, 2.24) is 4.90 Å². The summed E-state index contributed by atoms with van der Waals surface area (Å²) in [4.78, 5) is 2.03. The first-order chi connectivity index (χ1) is 14.7. The molecule has 0 aromatic rings. The normalized spacial score (nSPS) is 16.6. The van der Waals surface area contributed by atoms with Crippen molar-refractivity contribution in [2.24, 2.45) is 0 Å². The second-order valence-corrected chi connectivity index (χ2v) is 6.93. The highest BCUT2D eigenvalue weighted by molar-refractivity contribution is 5.35. The van der Waals surface area contributed by atoms with Crippen LogP contribution >= 0.6 is 0 Å². The quantitative estimate of drug-likeness (QED) is 0.286. The van der Waals surface area contributed by atoms with Crippen molar-refractivity contribution in [3.05, 3.63) is 97.0 Å². The van der Waals surface area contributed by atoms with Gasteiger partial charge in [0.1, 0.15) is 6.79 Å². The van der Waals surface area contributed by atoms with Crippen LogP contribution in [0, 0.1) is 0 Å². The van der Waals surface area contributed by atoms with Crippen molar-refractivity contribution in [2.75, 3.05) is 13.4 Å². The van der Waals surface area contributed by atoms with Crippen molar-refractivity contribution in [2.45, 2.75) is 58.4 Å². The van der Waals surface area contributed by atoms with E-state index >= 15 is 0 Å². The summed E-state index contributed by atoms with van der Waals surface area (Å²) in [7, 11) is 0. The summed E-state index contributed by atoms with van der Waals surface area (Å²) in [6.45, 7) is 12.3. The molecule has 0 saturated carbocycles. The number of ether oxygens (including phenoxy) is 1. The molecule has 2 aliphatic carbocycles. The van der Waals surface area contributed by atoms with Crippen LogP contribution in [0.15, 0.2) is 97.0 Å². The van der Waals surface area contributed by atoms with E-state index in [-0.39, 0.29) is 12.8 Å². The van der Waals surface area contributed by atoms with E-state index in [4.69, 9.17) is 9.84 Å². The molecular formula is C27H39NO2. The maximum atomic E-state index is 9.08. The first-order valence-corrected chi connectivity index (χ1v) is 11.1. The van der Waals surface area contributed by atoms with Gasteiger partial charge >= 0.3 is 0 Å². The van der Waals surface area contributed by atoms with Crippen molar-refractivity contribution in [1.29, 1.82) is 0 Å². The average molecular weight is 410 g/mol. The smallest absolute Gasteiger partial charge is 0.143 e. The number of aliphatic hydroxyl groups excluding tert-OH is 1. The Morgan fingerprint density at radius 3 is 2.47 bits per heavy atom. The second-order valence-electron chi connectivity index (χ2n) is 6.93. The van der Waals surface area contributed by atoms with E-state index in [1.54, 1.807) is 6.20 Å². The lowest BCUT2D eigenvalue weighted by Gasteiger charge is -2.31. The maximum Gasteiger partial charge on any atom is 0.143 e. The van der Waals surface area contributed by atoms with Gasteiger partial charge in [-0.1, -0.05) is 87.3 Å². The molecule has 1 atom stereocenters. The first-order valence-electron chi connectivity index (χ1n) is 11.1. The lowest BCUT2D eigenvalue weighted by Crippen LogP contribution is -2.33. The molecule has 3 heteroatoms. The van der Waals surface area contributed by atoms with Crippen molar-refractivity contribution in [3.63, 3.8) is 0 Å². The highest BCUT2D eigenvalue weighted by atomic mass is 16.6. The number of aliphatic hydroxyl groups is 1. The van der Waals surface area contributed by atoms with Crippen LogP contribution in [-0.2, 0) is 4.74 Å². The summed E-state index contributed by atoms with van der Waals surface area (Å²) in [5.41, 5.74) is 3.46. The fourth-order valence-electron chi connectivity index (χ4n) is 3.36. The molecule has 0 spiro atoms. The first kappa shape index (κ1) is 25.7. The molecule has 0 aromatic heterocycles. The van der Waals surface area contributed by atoms with Crippen LogP contribution in [0.3, 0.4) is 0 Å². The molecule has 30 heavy (non-hydrogen) atoms. The second kappa shape index (κ2) is 16.4. The monoisotopic (exact) mass is 409 g/mol. The summed E-state index contributed by atoms with van der Waals surface area (Å²) in [6.07, 6.45) is 29.6. The minimum Gasteiger partial charge on any atom is -0.371 e. The third kappa shape index (κ3) is 9.91. The van der Waals surface area contributed by atoms with Gasteiger partial charge in [-0.05, 0) is 56.4 Å². The van der Waals surface area contributed by atoms with Gasteiger partial charge in [0.15, 0.2) is 0 Å². The highest BCUT2D eigenvalue weighted by Crippen LogP contribution is 2.21. The Balaban J connectivity index is 0.00000218. The lowest BCUT2D eigenvalue weighted by atomic mass is 9.99. The Morgan fingerprint density at radius 2 is 1.87 bits per heavy atom. The van der Waals surface area contributed by atoms with Gasteiger partial charge in [0, 0.05) is 5.70 Å². The molecule has 164 valence electrons. The van der Waals surface area contributed by atoms with Gasteiger partial charge < -0.3 is 14.7 Å². The van der Waals surface area contributed by atoms with Gasteiger partial charge in [0.25, 0.3) is 0 Å². The molecule has 0 aliphatic heterocycles. The molecule has 0 heterocycles. The predicted octanol–water partition coefficient (Wildman–Crippen LogP) is 6.75. The lowest BCUT2D eigenvalue weighted by molar-refractivity contribution is -0.0206. The van der Waals surface area contributed by atoms with E-state index in [1.165, 1.54) is 11.1 Å². The third-order valence-electron chi connectivity index (χ3n) is 4.87. The van der Waals surface area contributed by atoms with Crippen LogP contribution < -0.4 is 0 Å². The summed E-state index contributed by atoms with van der Waals surface area (Å²) in [5, 5.41) is 9.08. The summed E-state index contributed by atoms with van der Waals surface area (Å²) in [5.74, 6) is 0. The fourth-order valence-corrected chi connectivity index (χ4v) is 3.36. The van der Waals surface area contributed by atoms with Crippen molar-refractivity contribution in [3.8, 4) is 0 Å². The van der Waals surface area contributed by atoms with Gasteiger partial charge in [-0.2, -0.15) is 0 Å². The Labute approximate surface area is 183 Å². The SMILES string of the molecule is C=CN(C(=C)/C=C\C=C\C1=CCCC=C1)C(CCC1=CCCC=C1)COCO.CC. The van der Waals surface area contributed by atoms with Gasteiger partial charge in [0.05, 0.1) is 12.6 Å². The number of rotatable bonds is 12. The highest BCUT2D eigenvalue weighted by Gasteiger charge is 2.17. The molecular weight excluding hydrogens is 370 g/mol. The van der Waals surface area contributed by atoms with Crippen LogP contribution in [0.4, 0.5) is 0 Å². The van der Waals surface area contributed by atoms with Crippen LogP contribution in [0.25, 0.3) is 0 Å². The maximum absolute atomic E-state index is 9.08. The third-order valence-corrected chi connectivity index (χ3v) is 4.87. The zero-order chi connectivity index (χ0) is 22.0. The van der Waals surface area contributed by atoms with E-state index in [2.05, 4.69) is 55.7 Å². The molecule has 2 aliphatic rings. The summed E-state index contributed by atoms with van der Waals surface area (Å²) in [6, 6.07) is 0.0750. The molecule has 0 bridgehead atoms. The molecule has 1 N–H and O–H groups in total. The topological polar surface area (TPSA) is 32.7 Å². The Morgan fingerprint density at radius 1 is 1.13 bits per heavy atom.